The highest BCUT2D eigenvalue weighted by Crippen LogP contribution is 2.73. The molecule has 3 aliphatic carbocycles. The van der Waals surface area contributed by atoms with Gasteiger partial charge in [0, 0.05) is 0 Å². The summed E-state index contributed by atoms with van der Waals surface area (Å²) in [7, 11) is -1.93. The van der Waals surface area contributed by atoms with Crippen molar-refractivity contribution in [2.45, 2.75) is 112 Å². The Morgan fingerprint density at radius 1 is 0.640 bits per heavy atom. The molecule has 146 valence electrons. The average Bonchev–Trinajstić information content (AvgIpc) is 2.60. The van der Waals surface area contributed by atoms with E-state index >= 15 is 4.39 Å². The van der Waals surface area contributed by atoms with E-state index in [4.69, 9.17) is 0 Å². The molecule has 0 radical (unpaired) electrons. The van der Waals surface area contributed by atoms with E-state index in [2.05, 4.69) is 0 Å². The zero-order valence-corrected chi connectivity index (χ0v) is 15.3. The molecule has 0 aromatic rings. The molecule has 3 saturated carbocycles. The van der Waals surface area contributed by atoms with Crippen LogP contribution in [-0.4, -0.2) is 34.7 Å². The van der Waals surface area contributed by atoms with Crippen LogP contribution < -0.4 is 0 Å². The van der Waals surface area contributed by atoms with E-state index in [1.807, 2.05) is 0 Å². The molecule has 0 saturated heterocycles. The molecule has 0 nitrogen and oxygen atoms in total. The highest BCUT2D eigenvalue weighted by molar-refractivity contribution is 7.60. The minimum Gasteiger partial charge on any atom is -0.241 e. The first kappa shape index (κ1) is 19.8. The molecular weight excluding hydrogens is 361 g/mol. The molecule has 3 aliphatic rings. The average molecular weight is 388 g/mol. The molecule has 0 N–H and O–H groups in total. The van der Waals surface area contributed by atoms with Crippen molar-refractivity contribution in [3.05, 3.63) is 0 Å². The highest BCUT2D eigenvalue weighted by atomic mass is 31.1. The summed E-state index contributed by atoms with van der Waals surface area (Å²) in [5.41, 5.74) is -0.454. The van der Waals surface area contributed by atoms with E-state index < -0.39 is 44.2 Å². The van der Waals surface area contributed by atoms with Crippen LogP contribution in [0.4, 0.5) is 26.3 Å². The molecule has 0 heterocycles. The third-order valence-corrected chi connectivity index (χ3v) is 10.3. The van der Waals surface area contributed by atoms with Gasteiger partial charge in [-0.15, -0.1) is 0 Å². The van der Waals surface area contributed by atoms with Crippen LogP contribution in [0.5, 0.6) is 0 Å². The Kier molecular flexibility index (Phi) is 5.69. The van der Waals surface area contributed by atoms with Gasteiger partial charge in [-0.1, -0.05) is 46.4 Å². The second-order valence-electron chi connectivity index (χ2n) is 7.95. The smallest absolute Gasteiger partial charge is 0.241 e. The second kappa shape index (κ2) is 7.20. The fourth-order valence-electron chi connectivity index (χ4n) is 4.99. The van der Waals surface area contributed by atoms with Gasteiger partial charge in [0.05, 0.1) is 0 Å². The summed E-state index contributed by atoms with van der Waals surface area (Å²) >= 11 is 0. The summed E-state index contributed by atoms with van der Waals surface area (Å²) in [6, 6.07) is 0. The van der Waals surface area contributed by atoms with Gasteiger partial charge in [-0.3, -0.25) is 0 Å². The lowest BCUT2D eigenvalue weighted by Crippen LogP contribution is -2.64. The fraction of sp³-hybridized carbons (Fsp3) is 1.00. The van der Waals surface area contributed by atoms with Crippen LogP contribution >= 0.6 is 7.92 Å². The van der Waals surface area contributed by atoms with Crippen molar-refractivity contribution in [2.24, 2.45) is 0 Å². The first-order chi connectivity index (χ1) is 11.7. The lowest BCUT2D eigenvalue weighted by atomic mass is 9.88. The van der Waals surface area contributed by atoms with Gasteiger partial charge in [-0.2, -0.15) is 17.6 Å². The van der Waals surface area contributed by atoms with Crippen LogP contribution in [0.3, 0.4) is 0 Å². The quantitative estimate of drug-likeness (QED) is 0.354. The number of hydrogen-bond donors (Lipinski definition) is 0. The molecule has 0 aliphatic heterocycles. The Morgan fingerprint density at radius 2 is 1.08 bits per heavy atom. The Bertz CT molecular complexity index is 440. The number of alkyl halides is 6. The lowest BCUT2D eigenvalue weighted by molar-refractivity contribution is -0.293. The minimum absolute atomic E-state index is 0.227. The monoisotopic (exact) mass is 388 g/mol. The van der Waals surface area contributed by atoms with Crippen LogP contribution in [0.15, 0.2) is 0 Å². The summed E-state index contributed by atoms with van der Waals surface area (Å²) < 4.78 is 86.9. The van der Waals surface area contributed by atoms with Crippen molar-refractivity contribution < 1.29 is 26.3 Å². The van der Waals surface area contributed by atoms with Gasteiger partial charge in [0.2, 0.25) is 0 Å². The first-order valence-corrected chi connectivity index (χ1v) is 11.1. The van der Waals surface area contributed by atoms with Crippen LogP contribution in [0.2, 0.25) is 0 Å². The van der Waals surface area contributed by atoms with E-state index in [0.717, 1.165) is 38.5 Å². The minimum atomic E-state index is -4.92. The van der Waals surface area contributed by atoms with E-state index in [9.17, 15) is 22.0 Å². The summed E-state index contributed by atoms with van der Waals surface area (Å²) in [5, 5.41) is -3.24. The predicted molar refractivity (Wildman–Crippen MR) is 88.5 cm³/mol. The van der Waals surface area contributed by atoms with Crippen LogP contribution in [0.1, 0.15) is 77.0 Å². The largest absolute Gasteiger partial charge is 0.350 e. The Morgan fingerprint density at radius 3 is 1.52 bits per heavy atom. The van der Waals surface area contributed by atoms with Crippen LogP contribution in [0, 0.1) is 0 Å². The number of rotatable bonds is 3. The van der Waals surface area contributed by atoms with Gasteiger partial charge >= 0.3 is 11.8 Å². The fourth-order valence-corrected chi connectivity index (χ4v) is 9.45. The van der Waals surface area contributed by atoms with Crippen molar-refractivity contribution in [1.82, 2.24) is 0 Å². The number of hydrogen-bond acceptors (Lipinski definition) is 0. The molecule has 25 heavy (non-hydrogen) atoms. The van der Waals surface area contributed by atoms with E-state index in [0.29, 0.717) is 25.7 Å². The van der Waals surface area contributed by atoms with E-state index in [1.165, 1.54) is 0 Å². The van der Waals surface area contributed by atoms with Gasteiger partial charge < -0.3 is 0 Å². The molecule has 2 unspecified atom stereocenters. The van der Waals surface area contributed by atoms with Gasteiger partial charge in [0.1, 0.15) is 0 Å². The maximum Gasteiger partial charge on any atom is 0.350 e. The van der Waals surface area contributed by atoms with Crippen molar-refractivity contribution in [3.8, 4) is 0 Å². The summed E-state index contributed by atoms with van der Waals surface area (Å²) in [4.78, 5) is 0. The summed E-state index contributed by atoms with van der Waals surface area (Å²) in [5.74, 6) is -9.83. The van der Waals surface area contributed by atoms with Crippen LogP contribution in [-0.2, 0) is 0 Å². The maximum atomic E-state index is 15.9. The van der Waals surface area contributed by atoms with Gasteiger partial charge in [0.25, 0.3) is 0 Å². The van der Waals surface area contributed by atoms with Crippen molar-refractivity contribution in [2.75, 3.05) is 0 Å². The van der Waals surface area contributed by atoms with Gasteiger partial charge in [0.15, 0.2) is 11.6 Å². The van der Waals surface area contributed by atoms with Crippen molar-refractivity contribution in [1.29, 1.82) is 0 Å². The molecule has 0 amide bonds. The summed E-state index contributed by atoms with van der Waals surface area (Å²) in [6.07, 6.45) is 3.42. The third-order valence-electron chi connectivity index (χ3n) is 6.37. The van der Waals surface area contributed by atoms with E-state index in [-0.39, 0.29) is 11.3 Å². The van der Waals surface area contributed by atoms with Crippen molar-refractivity contribution in [3.63, 3.8) is 0 Å². The molecule has 0 aromatic carbocycles. The summed E-state index contributed by atoms with van der Waals surface area (Å²) in [6.45, 7) is 0. The zero-order chi connectivity index (χ0) is 18.3. The number of halogens is 6. The predicted octanol–water partition coefficient (Wildman–Crippen LogP) is 7.20. The van der Waals surface area contributed by atoms with E-state index in [1.54, 1.807) is 0 Å². The molecule has 0 bridgehead atoms. The molecule has 0 spiro atoms. The Hall–Kier alpha value is 0.01000. The SMILES string of the molecule is FC1CCC(F)(P(C2CCCCC2)C2CCCCC2)C(F)(F)C1(F)F. The molecule has 3 rings (SSSR count). The molecule has 3 fully saturated rings. The first-order valence-electron chi connectivity index (χ1n) is 9.59. The molecule has 2 atom stereocenters. The lowest BCUT2D eigenvalue weighted by Gasteiger charge is -2.52. The van der Waals surface area contributed by atoms with Gasteiger partial charge in [-0.25, -0.2) is 8.78 Å². The van der Waals surface area contributed by atoms with Gasteiger partial charge in [-0.05, 0) is 49.8 Å². The second-order valence-corrected chi connectivity index (χ2v) is 10.9. The normalized spacial score (nSPS) is 37.3. The maximum absolute atomic E-state index is 15.9. The Labute approximate surface area is 146 Å². The highest BCUT2D eigenvalue weighted by Gasteiger charge is 2.78. The standard InChI is InChI=1S/C18H27F6P/c19-15-11-12-16(20,18(23,24)17(15,21)22)25(13-7-3-1-4-8-13)14-9-5-2-6-10-14/h13-15H,1-12H2. The van der Waals surface area contributed by atoms with Crippen LogP contribution in [0.25, 0.3) is 0 Å². The zero-order valence-electron chi connectivity index (χ0n) is 14.4. The topological polar surface area (TPSA) is 0 Å². The third kappa shape index (κ3) is 3.23. The molecule has 7 heteroatoms. The van der Waals surface area contributed by atoms with Crippen molar-refractivity contribution >= 4 is 7.92 Å². The Balaban J connectivity index is 1.97. The molecule has 0 aromatic heterocycles. The molecular formula is C18H27F6P.